The number of carbonyl (C=O) groups excluding carboxylic acids is 1. The Morgan fingerprint density at radius 2 is 2.37 bits per heavy atom. The molecule has 7 heteroatoms. The van der Waals surface area contributed by atoms with Gasteiger partial charge in [-0.15, -0.1) is 6.58 Å². The van der Waals surface area contributed by atoms with E-state index in [1.165, 1.54) is 11.0 Å². The van der Waals surface area contributed by atoms with E-state index in [0.29, 0.717) is 6.54 Å². The molecule has 1 heterocycles. The number of urea groups is 1. The first kappa shape index (κ1) is 14.7. The summed E-state index contributed by atoms with van der Waals surface area (Å²) in [7, 11) is 0. The zero-order valence-corrected chi connectivity index (χ0v) is 10.6. The molecule has 0 bridgehead atoms. The van der Waals surface area contributed by atoms with E-state index < -0.39 is 12.0 Å². The van der Waals surface area contributed by atoms with Crippen molar-refractivity contribution >= 4 is 12.0 Å². The fourth-order valence-electron chi connectivity index (χ4n) is 1.54. The van der Waals surface area contributed by atoms with Crippen LogP contribution in [0.5, 0.6) is 0 Å². The van der Waals surface area contributed by atoms with Crippen molar-refractivity contribution in [3.63, 3.8) is 0 Å². The quantitative estimate of drug-likeness (QED) is 0.474. The van der Waals surface area contributed by atoms with Crippen LogP contribution in [0.15, 0.2) is 25.0 Å². The van der Waals surface area contributed by atoms with Crippen molar-refractivity contribution in [2.24, 2.45) is 0 Å². The van der Waals surface area contributed by atoms with Gasteiger partial charge in [-0.2, -0.15) is 0 Å². The van der Waals surface area contributed by atoms with Gasteiger partial charge in [0.25, 0.3) is 0 Å². The molecule has 1 aromatic rings. The number of aromatic amines is 1. The maximum Gasteiger partial charge on any atom is 0.323 e. The molecular formula is C12H18N4O3. The molecule has 1 rings (SSSR count). The summed E-state index contributed by atoms with van der Waals surface area (Å²) in [6.45, 7) is 3.83. The first-order valence-electron chi connectivity index (χ1n) is 5.97. The van der Waals surface area contributed by atoms with Crippen LogP contribution in [0.1, 0.15) is 12.2 Å². The third-order valence-corrected chi connectivity index (χ3v) is 2.38. The minimum absolute atomic E-state index is 0.205. The van der Waals surface area contributed by atoms with Crippen molar-refractivity contribution in [3.05, 3.63) is 30.9 Å². The summed E-state index contributed by atoms with van der Waals surface area (Å²) >= 11 is 0. The van der Waals surface area contributed by atoms with Gasteiger partial charge in [-0.05, 0) is 6.42 Å². The average molecular weight is 266 g/mol. The van der Waals surface area contributed by atoms with Crippen LogP contribution in [0.3, 0.4) is 0 Å². The van der Waals surface area contributed by atoms with Crippen LogP contribution in [0.4, 0.5) is 4.79 Å². The Kier molecular flexibility index (Phi) is 6.14. The predicted molar refractivity (Wildman–Crippen MR) is 69.7 cm³/mol. The summed E-state index contributed by atoms with van der Waals surface area (Å²) in [5, 5.41) is 11.4. The second-order valence-corrected chi connectivity index (χ2v) is 3.93. The summed E-state index contributed by atoms with van der Waals surface area (Å²) in [6.07, 6.45) is 6.37. The number of aromatic nitrogens is 2. The fraction of sp³-hybridized carbons (Fsp3) is 0.417. The van der Waals surface area contributed by atoms with Gasteiger partial charge in [-0.3, -0.25) is 4.79 Å². The maximum atomic E-state index is 11.7. The van der Waals surface area contributed by atoms with E-state index in [9.17, 15) is 9.59 Å². The Morgan fingerprint density at radius 3 is 2.95 bits per heavy atom. The number of hydrogen-bond acceptors (Lipinski definition) is 3. The zero-order valence-electron chi connectivity index (χ0n) is 10.6. The smallest absolute Gasteiger partial charge is 0.323 e. The summed E-state index contributed by atoms with van der Waals surface area (Å²) in [5.74, 6) is -0.185. The lowest BCUT2D eigenvalue weighted by Gasteiger charge is -2.19. The van der Waals surface area contributed by atoms with Gasteiger partial charge in [0.2, 0.25) is 0 Å². The van der Waals surface area contributed by atoms with Crippen molar-refractivity contribution in [3.8, 4) is 0 Å². The molecule has 0 saturated carbocycles. The van der Waals surface area contributed by atoms with Crippen molar-refractivity contribution in [2.75, 3.05) is 19.6 Å². The normalized spacial score (nSPS) is 9.89. The molecule has 0 radical (unpaired) electrons. The van der Waals surface area contributed by atoms with Gasteiger partial charge in [0.05, 0.1) is 0 Å². The van der Waals surface area contributed by atoms with E-state index in [1.807, 2.05) is 0 Å². The van der Waals surface area contributed by atoms with Crippen LogP contribution >= 0.6 is 0 Å². The molecule has 0 aliphatic heterocycles. The van der Waals surface area contributed by atoms with Crippen LogP contribution in [-0.4, -0.2) is 51.6 Å². The predicted octanol–water partition coefficient (Wildman–Crippen LogP) is 0.624. The number of H-pyrrole nitrogens is 1. The summed E-state index contributed by atoms with van der Waals surface area (Å²) in [5.41, 5.74) is 0. The fourth-order valence-corrected chi connectivity index (χ4v) is 1.54. The molecule has 0 fully saturated rings. The number of amides is 2. The molecule has 19 heavy (non-hydrogen) atoms. The molecule has 0 atom stereocenters. The molecule has 1 aromatic heterocycles. The maximum absolute atomic E-state index is 11.7. The van der Waals surface area contributed by atoms with Crippen molar-refractivity contribution < 1.29 is 14.7 Å². The monoisotopic (exact) mass is 266 g/mol. The number of rotatable bonds is 8. The molecule has 0 spiro atoms. The molecular weight excluding hydrogens is 248 g/mol. The largest absolute Gasteiger partial charge is 0.480 e. The minimum Gasteiger partial charge on any atom is -0.480 e. The summed E-state index contributed by atoms with van der Waals surface area (Å²) in [4.78, 5) is 30.5. The summed E-state index contributed by atoms with van der Waals surface area (Å²) < 4.78 is 0. The first-order chi connectivity index (χ1) is 9.13. The lowest BCUT2D eigenvalue weighted by Crippen LogP contribution is -2.43. The number of aryl methyl sites for hydroxylation is 1. The van der Waals surface area contributed by atoms with Crippen LogP contribution in [-0.2, 0) is 11.2 Å². The topological polar surface area (TPSA) is 98.3 Å². The van der Waals surface area contributed by atoms with Gasteiger partial charge in [0, 0.05) is 31.9 Å². The van der Waals surface area contributed by atoms with Gasteiger partial charge >= 0.3 is 12.0 Å². The highest BCUT2D eigenvalue weighted by molar-refractivity contribution is 5.80. The second-order valence-electron chi connectivity index (χ2n) is 3.93. The van der Waals surface area contributed by atoms with Crippen molar-refractivity contribution in [1.29, 1.82) is 0 Å². The van der Waals surface area contributed by atoms with Crippen LogP contribution in [0, 0.1) is 0 Å². The lowest BCUT2D eigenvalue weighted by molar-refractivity contribution is -0.137. The van der Waals surface area contributed by atoms with E-state index in [2.05, 4.69) is 21.9 Å². The molecule has 7 nitrogen and oxygen atoms in total. The SMILES string of the molecule is C=CCN(CC(=O)O)C(=O)NCCCc1ncc[nH]1. The average Bonchev–Trinajstić information content (AvgIpc) is 2.86. The van der Waals surface area contributed by atoms with Crippen LogP contribution < -0.4 is 5.32 Å². The molecule has 0 aliphatic rings. The Hall–Kier alpha value is -2.31. The molecule has 104 valence electrons. The first-order valence-corrected chi connectivity index (χ1v) is 5.97. The number of carbonyl (C=O) groups is 2. The molecule has 0 saturated heterocycles. The number of carboxylic acid groups (broad SMARTS) is 1. The van der Waals surface area contributed by atoms with E-state index in [1.54, 1.807) is 12.4 Å². The van der Waals surface area contributed by atoms with Crippen LogP contribution in [0.2, 0.25) is 0 Å². The lowest BCUT2D eigenvalue weighted by atomic mass is 10.3. The standard InChI is InChI=1S/C12H18N4O3/c1-2-8-16(9-11(17)18)12(19)15-5-3-4-10-13-6-7-14-10/h2,6-7H,1,3-5,8-9H2,(H,13,14)(H,15,19)(H,17,18). The number of nitrogens with one attached hydrogen (secondary N) is 2. The number of nitrogens with zero attached hydrogens (tertiary/aromatic N) is 2. The second kappa shape index (κ2) is 7.91. The highest BCUT2D eigenvalue weighted by Crippen LogP contribution is 1.95. The Labute approximate surface area is 111 Å². The van der Waals surface area contributed by atoms with Gasteiger partial charge in [0.15, 0.2) is 0 Å². The molecule has 0 aromatic carbocycles. The number of hydrogen-bond donors (Lipinski definition) is 3. The number of aliphatic carboxylic acids is 1. The zero-order chi connectivity index (χ0) is 14.1. The summed E-state index contributed by atoms with van der Waals surface area (Å²) in [6, 6.07) is -0.401. The van der Waals surface area contributed by atoms with E-state index >= 15 is 0 Å². The van der Waals surface area contributed by atoms with Gasteiger partial charge < -0.3 is 20.3 Å². The molecule has 2 amide bonds. The van der Waals surface area contributed by atoms with Gasteiger partial charge in [0.1, 0.15) is 12.4 Å². The third-order valence-electron chi connectivity index (χ3n) is 2.38. The minimum atomic E-state index is -1.05. The van der Waals surface area contributed by atoms with E-state index in [-0.39, 0.29) is 13.1 Å². The Balaban J connectivity index is 2.27. The van der Waals surface area contributed by atoms with Crippen LogP contribution in [0.25, 0.3) is 0 Å². The molecule has 0 aliphatic carbocycles. The van der Waals surface area contributed by atoms with Gasteiger partial charge in [-0.1, -0.05) is 6.08 Å². The van der Waals surface area contributed by atoms with Crippen molar-refractivity contribution in [1.82, 2.24) is 20.2 Å². The van der Waals surface area contributed by atoms with E-state index in [0.717, 1.165) is 18.7 Å². The van der Waals surface area contributed by atoms with E-state index in [4.69, 9.17) is 5.11 Å². The molecule has 0 unspecified atom stereocenters. The highest BCUT2D eigenvalue weighted by atomic mass is 16.4. The van der Waals surface area contributed by atoms with Crippen molar-refractivity contribution in [2.45, 2.75) is 12.8 Å². The highest BCUT2D eigenvalue weighted by Gasteiger charge is 2.14. The number of imidazole rings is 1. The Morgan fingerprint density at radius 1 is 1.58 bits per heavy atom. The molecule has 3 N–H and O–H groups in total. The third kappa shape index (κ3) is 5.71. The van der Waals surface area contributed by atoms with Gasteiger partial charge in [-0.25, -0.2) is 9.78 Å². The Bertz CT molecular complexity index is 417. The number of carboxylic acids is 1.